The van der Waals surface area contributed by atoms with Gasteiger partial charge in [0.2, 0.25) is 5.91 Å². The maximum absolute atomic E-state index is 13.1. The Kier molecular flexibility index (Phi) is 5.09. The van der Waals surface area contributed by atoms with Gasteiger partial charge in [-0.25, -0.2) is 0 Å². The molecule has 4 aromatic rings. The van der Waals surface area contributed by atoms with Crippen LogP contribution in [0.1, 0.15) is 17.4 Å². The van der Waals surface area contributed by atoms with Crippen LogP contribution in [0.15, 0.2) is 79.3 Å². The van der Waals surface area contributed by atoms with Gasteiger partial charge in [0.05, 0.1) is 0 Å². The standard InChI is InChI=1S/C23H18N4O3/c1-15(28)25-17-7-9-18(10-8-17)26-23(30)22(29)21-20(16-5-4-11-24-14-16)13-19-6-2-3-12-27(19)21/h2-14H,1H3,(H,25,28)(H,26,30). The minimum atomic E-state index is -0.753. The van der Waals surface area contributed by atoms with Crippen LogP contribution in [0.4, 0.5) is 11.4 Å². The van der Waals surface area contributed by atoms with Gasteiger partial charge in [0.15, 0.2) is 0 Å². The number of ketones is 1. The highest BCUT2D eigenvalue weighted by Gasteiger charge is 2.24. The van der Waals surface area contributed by atoms with Crippen molar-refractivity contribution in [3.8, 4) is 11.1 Å². The van der Waals surface area contributed by atoms with E-state index in [0.717, 1.165) is 11.1 Å². The summed E-state index contributed by atoms with van der Waals surface area (Å²) in [6.07, 6.45) is 5.06. The van der Waals surface area contributed by atoms with Crippen molar-refractivity contribution in [1.29, 1.82) is 0 Å². The lowest BCUT2D eigenvalue weighted by Gasteiger charge is -2.08. The van der Waals surface area contributed by atoms with Gasteiger partial charge in [0.25, 0.3) is 11.7 Å². The zero-order valence-electron chi connectivity index (χ0n) is 16.1. The highest BCUT2D eigenvalue weighted by Crippen LogP contribution is 2.28. The fourth-order valence-electron chi connectivity index (χ4n) is 3.23. The molecule has 148 valence electrons. The van der Waals surface area contributed by atoms with Crippen molar-refractivity contribution < 1.29 is 14.4 Å². The number of nitrogens with one attached hydrogen (secondary N) is 2. The Hall–Kier alpha value is -4.26. The number of hydrogen-bond acceptors (Lipinski definition) is 4. The molecule has 7 heteroatoms. The SMILES string of the molecule is CC(=O)Nc1ccc(NC(=O)C(=O)c2c(-c3cccnc3)cc3ccccn23)cc1. The van der Waals surface area contributed by atoms with Gasteiger partial charge in [0.1, 0.15) is 5.69 Å². The van der Waals surface area contributed by atoms with Crippen molar-refractivity contribution in [2.24, 2.45) is 0 Å². The fourth-order valence-corrected chi connectivity index (χ4v) is 3.23. The first-order chi connectivity index (χ1) is 14.5. The van der Waals surface area contributed by atoms with E-state index in [1.807, 2.05) is 24.3 Å². The molecule has 0 aliphatic rings. The smallest absolute Gasteiger partial charge is 0.298 e. The average molecular weight is 398 g/mol. The van der Waals surface area contributed by atoms with Gasteiger partial charge in [-0.15, -0.1) is 0 Å². The summed E-state index contributed by atoms with van der Waals surface area (Å²) in [6, 6.07) is 17.6. The first-order valence-corrected chi connectivity index (χ1v) is 9.27. The molecule has 2 N–H and O–H groups in total. The van der Waals surface area contributed by atoms with E-state index in [-0.39, 0.29) is 11.6 Å². The molecular weight excluding hydrogens is 380 g/mol. The Bertz CT molecular complexity index is 1240. The topological polar surface area (TPSA) is 92.6 Å². The summed E-state index contributed by atoms with van der Waals surface area (Å²) in [4.78, 5) is 41.1. The zero-order valence-corrected chi connectivity index (χ0v) is 16.1. The number of benzene rings is 1. The third kappa shape index (κ3) is 3.81. The number of Topliss-reactive ketones (excluding diaryl/α,β-unsaturated/α-hetero) is 1. The molecule has 0 fully saturated rings. The van der Waals surface area contributed by atoms with Gasteiger partial charge in [-0.2, -0.15) is 0 Å². The summed E-state index contributed by atoms with van der Waals surface area (Å²) in [7, 11) is 0. The van der Waals surface area contributed by atoms with Gasteiger partial charge in [-0.3, -0.25) is 19.4 Å². The summed E-state index contributed by atoms with van der Waals surface area (Å²) < 4.78 is 1.70. The lowest BCUT2D eigenvalue weighted by Crippen LogP contribution is -2.24. The molecule has 7 nitrogen and oxygen atoms in total. The minimum Gasteiger partial charge on any atom is -0.326 e. The number of rotatable bonds is 5. The molecule has 0 saturated heterocycles. The van der Waals surface area contributed by atoms with E-state index in [2.05, 4.69) is 15.6 Å². The predicted molar refractivity (Wildman–Crippen MR) is 114 cm³/mol. The van der Waals surface area contributed by atoms with Crippen LogP contribution in [0.5, 0.6) is 0 Å². The molecule has 2 amide bonds. The van der Waals surface area contributed by atoms with E-state index in [9.17, 15) is 14.4 Å². The lowest BCUT2D eigenvalue weighted by atomic mass is 10.1. The molecule has 30 heavy (non-hydrogen) atoms. The van der Waals surface area contributed by atoms with Crippen LogP contribution < -0.4 is 10.6 Å². The summed E-state index contributed by atoms with van der Waals surface area (Å²) >= 11 is 0. The Balaban J connectivity index is 1.66. The van der Waals surface area contributed by atoms with Crippen LogP contribution in [0, 0.1) is 0 Å². The normalized spacial score (nSPS) is 10.6. The number of anilines is 2. The van der Waals surface area contributed by atoms with Crippen LogP contribution in [0.3, 0.4) is 0 Å². The van der Waals surface area contributed by atoms with E-state index in [1.165, 1.54) is 6.92 Å². The van der Waals surface area contributed by atoms with Gasteiger partial charge in [0, 0.05) is 53.5 Å². The van der Waals surface area contributed by atoms with Crippen molar-refractivity contribution in [3.63, 3.8) is 0 Å². The third-order valence-electron chi connectivity index (χ3n) is 4.54. The predicted octanol–water partition coefficient (Wildman–Crippen LogP) is 3.78. The third-order valence-corrected chi connectivity index (χ3v) is 4.54. The number of carbonyl (C=O) groups excluding carboxylic acids is 3. The van der Waals surface area contributed by atoms with Gasteiger partial charge in [-0.1, -0.05) is 12.1 Å². The van der Waals surface area contributed by atoms with Crippen LogP contribution in [0.25, 0.3) is 16.6 Å². The van der Waals surface area contributed by atoms with E-state index < -0.39 is 11.7 Å². The second-order valence-corrected chi connectivity index (χ2v) is 6.69. The Morgan fingerprint density at radius 3 is 2.30 bits per heavy atom. The number of hydrogen-bond donors (Lipinski definition) is 2. The van der Waals surface area contributed by atoms with Crippen molar-refractivity contribution >= 4 is 34.5 Å². The van der Waals surface area contributed by atoms with Crippen molar-refractivity contribution in [1.82, 2.24) is 9.38 Å². The maximum Gasteiger partial charge on any atom is 0.298 e. The van der Waals surface area contributed by atoms with E-state index in [1.54, 1.807) is 59.4 Å². The molecule has 0 spiro atoms. The van der Waals surface area contributed by atoms with Crippen LogP contribution >= 0.6 is 0 Å². The second kappa shape index (κ2) is 8.00. The molecule has 1 aromatic carbocycles. The minimum absolute atomic E-state index is 0.190. The number of pyridine rings is 2. The molecule has 0 unspecified atom stereocenters. The Morgan fingerprint density at radius 2 is 1.63 bits per heavy atom. The Morgan fingerprint density at radius 1 is 0.900 bits per heavy atom. The first kappa shape index (κ1) is 19.1. The average Bonchev–Trinajstić information content (AvgIpc) is 3.14. The summed E-state index contributed by atoms with van der Waals surface area (Å²) in [5, 5.41) is 5.27. The molecule has 0 radical (unpaired) electrons. The molecule has 3 heterocycles. The van der Waals surface area contributed by atoms with Crippen LogP contribution in [-0.2, 0) is 9.59 Å². The first-order valence-electron chi connectivity index (χ1n) is 9.27. The maximum atomic E-state index is 13.1. The van der Waals surface area contributed by atoms with E-state index >= 15 is 0 Å². The van der Waals surface area contributed by atoms with Crippen molar-refractivity contribution in [3.05, 3.63) is 84.9 Å². The van der Waals surface area contributed by atoms with E-state index in [4.69, 9.17) is 0 Å². The largest absolute Gasteiger partial charge is 0.326 e. The van der Waals surface area contributed by atoms with Crippen molar-refractivity contribution in [2.75, 3.05) is 10.6 Å². The zero-order chi connectivity index (χ0) is 21.1. The fraction of sp³-hybridized carbons (Fsp3) is 0.0435. The second-order valence-electron chi connectivity index (χ2n) is 6.69. The summed E-state index contributed by atoms with van der Waals surface area (Å²) in [6.45, 7) is 1.41. The highest BCUT2D eigenvalue weighted by atomic mass is 16.2. The molecular formula is C23H18N4O3. The lowest BCUT2D eigenvalue weighted by molar-refractivity contribution is -0.114. The number of aromatic nitrogens is 2. The number of nitrogens with zero attached hydrogens (tertiary/aromatic N) is 2. The number of amides is 2. The molecule has 0 saturated carbocycles. The van der Waals surface area contributed by atoms with E-state index in [0.29, 0.717) is 16.9 Å². The molecule has 0 bridgehead atoms. The molecule has 4 rings (SSSR count). The highest BCUT2D eigenvalue weighted by molar-refractivity contribution is 6.47. The molecule has 0 aliphatic carbocycles. The molecule has 0 atom stereocenters. The van der Waals surface area contributed by atoms with Gasteiger partial charge >= 0.3 is 0 Å². The van der Waals surface area contributed by atoms with Crippen LogP contribution in [-0.4, -0.2) is 27.0 Å². The molecule has 0 aliphatic heterocycles. The number of fused-ring (bicyclic) bond motifs is 1. The van der Waals surface area contributed by atoms with Gasteiger partial charge < -0.3 is 15.0 Å². The monoisotopic (exact) mass is 398 g/mol. The van der Waals surface area contributed by atoms with Gasteiger partial charge in [-0.05, 0) is 48.5 Å². The summed E-state index contributed by atoms with van der Waals surface area (Å²) in [5.74, 6) is -1.60. The quantitative estimate of drug-likeness (QED) is 0.395. The van der Waals surface area contributed by atoms with Crippen LogP contribution in [0.2, 0.25) is 0 Å². The van der Waals surface area contributed by atoms with Crippen molar-refractivity contribution in [2.45, 2.75) is 6.92 Å². The molecule has 3 aromatic heterocycles. The summed E-state index contributed by atoms with van der Waals surface area (Å²) in [5.41, 5.74) is 3.50. The number of carbonyl (C=O) groups is 3. The Labute approximate surface area is 172 Å².